The summed E-state index contributed by atoms with van der Waals surface area (Å²) in [7, 11) is 0. The zero-order chi connectivity index (χ0) is 31.4. The lowest BCUT2D eigenvalue weighted by Gasteiger charge is -2.25. The molecule has 4 unspecified atom stereocenters. The summed E-state index contributed by atoms with van der Waals surface area (Å²) in [6, 6.07) is 2.23. The van der Waals surface area contributed by atoms with Gasteiger partial charge in [-0.2, -0.15) is 0 Å². The zero-order valence-electron chi connectivity index (χ0n) is 23.6. The second-order valence-electron chi connectivity index (χ2n) is 10.4. The highest BCUT2D eigenvalue weighted by molar-refractivity contribution is 5.95. The van der Waals surface area contributed by atoms with E-state index in [2.05, 4.69) is 25.9 Å². The second-order valence-corrected chi connectivity index (χ2v) is 10.4. The largest absolute Gasteiger partial charge is 0.481 e. The lowest BCUT2D eigenvalue weighted by Crippen LogP contribution is -2.57. The number of benzene rings is 1. The van der Waals surface area contributed by atoms with E-state index in [1.165, 1.54) is 0 Å². The molecule has 0 saturated heterocycles. The summed E-state index contributed by atoms with van der Waals surface area (Å²) >= 11 is 0. The molecular formula is C27H40N8O7. The summed E-state index contributed by atoms with van der Waals surface area (Å²) in [5.41, 5.74) is 17.9. The Balaban J connectivity index is 2.33. The van der Waals surface area contributed by atoms with Gasteiger partial charge in [0.25, 0.3) is 0 Å². The van der Waals surface area contributed by atoms with E-state index in [9.17, 15) is 29.1 Å². The van der Waals surface area contributed by atoms with Crippen LogP contribution in [0.1, 0.15) is 45.1 Å². The predicted molar refractivity (Wildman–Crippen MR) is 155 cm³/mol. The number of carboxylic acids is 2. The molecule has 1 heterocycles. The molecule has 12 N–H and O–H groups in total. The predicted octanol–water partition coefficient (Wildman–Crippen LogP) is -0.849. The molecule has 0 aliphatic heterocycles. The Morgan fingerprint density at radius 2 is 1.55 bits per heavy atom. The molecule has 2 rings (SSSR count). The van der Waals surface area contributed by atoms with Crippen LogP contribution in [0.15, 0.2) is 35.5 Å². The fraction of sp³-hybridized carbons (Fsp3) is 0.481. The summed E-state index contributed by atoms with van der Waals surface area (Å²) in [6.07, 6.45) is 1.48. The molecule has 15 nitrogen and oxygen atoms in total. The Hall–Kier alpha value is -4.66. The van der Waals surface area contributed by atoms with Gasteiger partial charge in [-0.3, -0.25) is 24.2 Å². The fourth-order valence-corrected chi connectivity index (χ4v) is 4.30. The monoisotopic (exact) mass is 588 g/mol. The number of aliphatic imine (C=N–C) groups is 1. The molecule has 0 fully saturated rings. The van der Waals surface area contributed by atoms with Crippen LogP contribution in [0, 0.1) is 5.92 Å². The number of carboxylic acid groups (broad SMARTS) is 2. The van der Waals surface area contributed by atoms with Crippen LogP contribution in [-0.4, -0.2) is 81.5 Å². The van der Waals surface area contributed by atoms with Crippen molar-refractivity contribution in [1.29, 1.82) is 0 Å². The molecule has 0 bridgehead atoms. The number of amides is 3. The zero-order valence-corrected chi connectivity index (χ0v) is 23.6. The van der Waals surface area contributed by atoms with Gasteiger partial charge in [-0.05, 0) is 36.8 Å². The Bertz CT molecular complexity index is 1290. The number of aromatic nitrogens is 1. The SMILES string of the molecule is CC(C)CC(NC(=O)C(CCCN=C(N)N)NC(=O)C(Cc1c[nH]c2ccccc12)NC(=O)C(N)CC(=O)O)C(=O)O. The molecule has 3 amide bonds. The van der Waals surface area contributed by atoms with Crippen molar-refractivity contribution in [1.82, 2.24) is 20.9 Å². The van der Waals surface area contributed by atoms with Crippen LogP contribution in [-0.2, 0) is 30.4 Å². The van der Waals surface area contributed by atoms with Gasteiger partial charge in [0, 0.05) is 30.1 Å². The van der Waals surface area contributed by atoms with Crippen LogP contribution in [0.25, 0.3) is 10.9 Å². The Kier molecular flexibility index (Phi) is 12.7. The molecule has 15 heteroatoms. The van der Waals surface area contributed by atoms with Crippen molar-refractivity contribution < 1.29 is 34.2 Å². The molecule has 1 aromatic heterocycles. The highest BCUT2D eigenvalue weighted by Crippen LogP contribution is 2.19. The van der Waals surface area contributed by atoms with E-state index in [-0.39, 0.29) is 44.1 Å². The smallest absolute Gasteiger partial charge is 0.326 e. The van der Waals surface area contributed by atoms with Gasteiger partial charge >= 0.3 is 11.9 Å². The number of aliphatic carboxylic acids is 2. The number of carbonyl (C=O) groups excluding carboxylic acids is 3. The first kappa shape index (κ1) is 33.5. The molecule has 230 valence electrons. The van der Waals surface area contributed by atoms with Gasteiger partial charge in [0.1, 0.15) is 18.1 Å². The van der Waals surface area contributed by atoms with Crippen molar-refractivity contribution >= 4 is 46.5 Å². The summed E-state index contributed by atoms with van der Waals surface area (Å²) < 4.78 is 0. The molecular weight excluding hydrogens is 548 g/mol. The van der Waals surface area contributed by atoms with E-state index in [1.54, 1.807) is 6.20 Å². The summed E-state index contributed by atoms with van der Waals surface area (Å²) in [4.78, 5) is 69.3. The number of nitrogens with two attached hydrogens (primary N) is 3. The van der Waals surface area contributed by atoms with Crippen molar-refractivity contribution in [3.05, 3.63) is 36.0 Å². The summed E-state index contributed by atoms with van der Waals surface area (Å²) in [5.74, 6) is -5.06. The number of para-hydroxylation sites is 1. The minimum atomic E-state index is -1.42. The van der Waals surface area contributed by atoms with Crippen LogP contribution in [0.4, 0.5) is 0 Å². The molecule has 0 aliphatic rings. The van der Waals surface area contributed by atoms with Crippen molar-refractivity contribution in [3.63, 3.8) is 0 Å². The Morgan fingerprint density at radius 1 is 0.929 bits per heavy atom. The molecule has 42 heavy (non-hydrogen) atoms. The molecule has 4 atom stereocenters. The maximum Gasteiger partial charge on any atom is 0.326 e. The third-order valence-electron chi connectivity index (χ3n) is 6.36. The lowest BCUT2D eigenvalue weighted by atomic mass is 10.0. The maximum atomic E-state index is 13.6. The van der Waals surface area contributed by atoms with Crippen molar-refractivity contribution in [2.24, 2.45) is 28.1 Å². The standard InChI is InChI=1S/C27H40N8O7/c1-14(2)10-21(26(41)42)35-24(39)19(8-5-9-31-27(29)30)33-25(40)20(34-23(38)17(28)12-22(36)37)11-15-13-32-18-7-4-3-6-16(15)18/h3-4,6-7,13-14,17,19-21,32H,5,8-12,28H2,1-2H3,(H,33,40)(H,34,38)(H,35,39)(H,36,37)(H,41,42)(H4,29,30,31). The number of nitrogens with zero attached hydrogens (tertiary/aromatic N) is 1. The van der Waals surface area contributed by atoms with E-state index in [0.717, 1.165) is 10.9 Å². The van der Waals surface area contributed by atoms with Crippen molar-refractivity contribution in [3.8, 4) is 0 Å². The minimum absolute atomic E-state index is 0.0190. The van der Waals surface area contributed by atoms with Crippen LogP contribution >= 0.6 is 0 Å². The number of guanidine groups is 1. The maximum absolute atomic E-state index is 13.6. The normalized spacial score (nSPS) is 13.9. The second kappa shape index (κ2) is 16.0. The van der Waals surface area contributed by atoms with Gasteiger partial charge in [-0.15, -0.1) is 0 Å². The van der Waals surface area contributed by atoms with Crippen LogP contribution in [0.2, 0.25) is 0 Å². The number of aromatic amines is 1. The van der Waals surface area contributed by atoms with Crippen molar-refractivity contribution in [2.75, 3.05) is 6.54 Å². The number of rotatable bonds is 17. The van der Waals surface area contributed by atoms with Gasteiger partial charge in [0.2, 0.25) is 17.7 Å². The molecule has 0 radical (unpaired) electrons. The number of hydrogen-bond donors (Lipinski definition) is 9. The molecule has 0 aliphatic carbocycles. The van der Waals surface area contributed by atoms with Gasteiger partial charge in [-0.25, -0.2) is 4.79 Å². The third-order valence-corrected chi connectivity index (χ3v) is 6.36. The minimum Gasteiger partial charge on any atom is -0.481 e. The topological polar surface area (TPSA) is 268 Å². The van der Waals surface area contributed by atoms with E-state index in [4.69, 9.17) is 22.3 Å². The number of fused-ring (bicyclic) bond motifs is 1. The third kappa shape index (κ3) is 10.7. The lowest BCUT2D eigenvalue weighted by molar-refractivity contribution is -0.142. The van der Waals surface area contributed by atoms with E-state index in [0.29, 0.717) is 5.56 Å². The molecule has 0 saturated carbocycles. The van der Waals surface area contributed by atoms with E-state index >= 15 is 0 Å². The van der Waals surface area contributed by atoms with Gasteiger partial charge in [0.05, 0.1) is 12.5 Å². The molecule has 0 spiro atoms. The Morgan fingerprint density at radius 3 is 2.17 bits per heavy atom. The highest BCUT2D eigenvalue weighted by atomic mass is 16.4. The molecule has 1 aromatic carbocycles. The average Bonchev–Trinajstić information content (AvgIpc) is 3.31. The van der Waals surface area contributed by atoms with Gasteiger partial charge in [-0.1, -0.05) is 32.0 Å². The highest BCUT2D eigenvalue weighted by Gasteiger charge is 2.31. The van der Waals surface area contributed by atoms with Crippen LogP contribution in [0.5, 0.6) is 0 Å². The average molecular weight is 589 g/mol. The van der Waals surface area contributed by atoms with Crippen LogP contribution in [0.3, 0.4) is 0 Å². The quantitative estimate of drug-likeness (QED) is 0.0627. The number of H-pyrrole nitrogens is 1. The van der Waals surface area contributed by atoms with Crippen molar-refractivity contribution in [2.45, 2.75) is 70.1 Å². The fourth-order valence-electron chi connectivity index (χ4n) is 4.30. The van der Waals surface area contributed by atoms with Gasteiger partial charge in [0.15, 0.2) is 5.96 Å². The number of carbonyl (C=O) groups is 5. The first-order valence-electron chi connectivity index (χ1n) is 13.5. The Labute approximate surface area is 242 Å². The first-order chi connectivity index (χ1) is 19.8. The van der Waals surface area contributed by atoms with E-state index in [1.807, 2.05) is 38.1 Å². The van der Waals surface area contributed by atoms with E-state index < -0.39 is 60.2 Å². The first-order valence-corrected chi connectivity index (χ1v) is 13.5. The van der Waals surface area contributed by atoms with Gasteiger partial charge < -0.3 is 48.3 Å². The number of hydrogen-bond acceptors (Lipinski definition) is 7. The summed E-state index contributed by atoms with van der Waals surface area (Å²) in [6.45, 7) is 3.77. The molecule has 2 aromatic rings. The van der Waals surface area contributed by atoms with Crippen LogP contribution < -0.4 is 33.2 Å². The number of nitrogens with one attached hydrogen (secondary N) is 4. The summed E-state index contributed by atoms with van der Waals surface area (Å²) in [5, 5.41) is 27.0.